The molecule has 1 aliphatic rings. The van der Waals surface area contributed by atoms with Crippen LogP contribution in [0.25, 0.3) is 0 Å². The minimum Gasteiger partial charge on any atom is -0.477 e. The Bertz CT molecular complexity index is 566. The Balaban J connectivity index is 2.05. The lowest BCUT2D eigenvalue weighted by Crippen LogP contribution is -2.39. The zero-order valence-electron chi connectivity index (χ0n) is 11.2. The van der Waals surface area contributed by atoms with Crippen molar-refractivity contribution in [3.8, 4) is 0 Å². The second kappa shape index (κ2) is 4.99. The number of nitrogens with two attached hydrogens (primary N) is 1. The highest BCUT2D eigenvalue weighted by atomic mass is 16.4. The first kappa shape index (κ1) is 14.1. The number of amides is 2. The van der Waals surface area contributed by atoms with Crippen molar-refractivity contribution in [3.63, 3.8) is 0 Å². The smallest absolute Gasteiger partial charge is 0.352 e. The van der Waals surface area contributed by atoms with Gasteiger partial charge in [0, 0.05) is 19.3 Å². The molecule has 1 aliphatic heterocycles. The molecule has 0 radical (unpaired) electrons. The molecule has 108 valence electrons. The molecule has 7 heteroatoms. The summed E-state index contributed by atoms with van der Waals surface area (Å²) in [6, 6.07) is 3.02. The number of carbonyl (C=O) groups excluding carboxylic acids is 2. The summed E-state index contributed by atoms with van der Waals surface area (Å²) in [5, 5.41) is 8.98. The fourth-order valence-corrected chi connectivity index (χ4v) is 2.37. The third-order valence-corrected chi connectivity index (χ3v) is 3.78. The Kier molecular flexibility index (Phi) is 3.52. The lowest BCUT2D eigenvalue weighted by molar-refractivity contribution is -0.132. The Labute approximate surface area is 116 Å². The van der Waals surface area contributed by atoms with Gasteiger partial charge in [0.15, 0.2) is 0 Å². The highest BCUT2D eigenvalue weighted by Crippen LogP contribution is 2.29. The van der Waals surface area contributed by atoms with Crippen LogP contribution < -0.4 is 5.73 Å². The van der Waals surface area contributed by atoms with Gasteiger partial charge in [0.25, 0.3) is 0 Å². The van der Waals surface area contributed by atoms with Gasteiger partial charge >= 0.3 is 5.97 Å². The van der Waals surface area contributed by atoms with Crippen LogP contribution in [0.15, 0.2) is 18.3 Å². The summed E-state index contributed by atoms with van der Waals surface area (Å²) in [5.41, 5.74) is 4.71. The van der Waals surface area contributed by atoms with Crippen molar-refractivity contribution < 1.29 is 19.5 Å². The molecule has 0 spiro atoms. The molecule has 20 heavy (non-hydrogen) atoms. The summed E-state index contributed by atoms with van der Waals surface area (Å²) < 4.78 is 1.38. The fourth-order valence-electron chi connectivity index (χ4n) is 2.37. The predicted molar refractivity (Wildman–Crippen MR) is 69.9 cm³/mol. The van der Waals surface area contributed by atoms with Crippen LogP contribution in [0.1, 0.15) is 23.8 Å². The fraction of sp³-hybridized carbons (Fsp3) is 0.462. The summed E-state index contributed by atoms with van der Waals surface area (Å²) in [6.45, 7) is 2.43. The normalized spacial score (nSPS) is 21.9. The maximum absolute atomic E-state index is 12.2. The number of primary amides is 1. The van der Waals surface area contributed by atoms with Crippen LogP contribution in [0.4, 0.5) is 0 Å². The number of aromatic carboxylic acids is 1. The highest BCUT2D eigenvalue weighted by Gasteiger charge is 2.40. The van der Waals surface area contributed by atoms with Crippen molar-refractivity contribution in [1.29, 1.82) is 0 Å². The second-order valence-electron chi connectivity index (χ2n) is 5.32. The zero-order chi connectivity index (χ0) is 14.9. The number of hydrogen-bond donors (Lipinski definition) is 2. The molecule has 7 nitrogen and oxygen atoms in total. The van der Waals surface area contributed by atoms with Gasteiger partial charge in [-0.25, -0.2) is 4.79 Å². The standard InChI is InChI=1S/C13H17N3O4/c1-13(12(14)20)4-6-16(8-13)10(17)7-15-5-2-3-9(15)11(18)19/h2-3,5H,4,6-8H2,1H3,(H2,14,20)(H,18,19). The molecule has 3 N–H and O–H groups in total. The van der Waals surface area contributed by atoms with Gasteiger partial charge in [0.05, 0.1) is 5.41 Å². The van der Waals surface area contributed by atoms with E-state index in [0.717, 1.165) is 0 Å². The van der Waals surface area contributed by atoms with Crippen molar-refractivity contribution in [2.24, 2.45) is 11.1 Å². The van der Waals surface area contributed by atoms with E-state index in [2.05, 4.69) is 0 Å². The number of aromatic nitrogens is 1. The van der Waals surface area contributed by atoms with Gasteiger partial charge in [-0.05, 0) is 25.5 Å². The second-order valence-corrected chi connectivity index (χ2v) is 5.32. The number of hydrogen-bond acceptors (Lipinski definition) is 3. The van der Waals surface area contributed by atoms with Gasteiger partial charge in [0.1, 0.15) is 12.2 Å². The molecule has 2 rings (SSSR count). The monoisotopic (exact) mass is 279 g/mol. The van der Waals surface area contributed by atoms with E-state index in [1.807, 2.05) is 0 Å². The SMILES string of the molecule is CC1(C(N)=O)CCN(C(=O)Cn2cccc2C(=O)O)C1. The van der Waals surface area contributed by atoms with E-state index in [4.69, 9.17) is 10.8 Å². The van der Waals surface area contributed by atoms with Gasteiger partial charge in [-0.3, -0.25) is 9.59 Å². The number of carbonyl (C=O) groups is 3. The molecule has 1 saturated heterocycles. The first-order valence-corrected chi connectivity index (χ1v) is 6.29. The van der Waals surface area contributed by atoms with E-state index in [1.54, 1.807) is 24.1 Å². The van der Waals surface area contributed by atoms with E-state index >= 15 is 0 Å². The van der Waals surface area contributed by atoms with Gasteiger partial charge in [-0.15, -0.1) is 0 Å². The maximum atomic E-state index is 12.2. The van der Waals surface area contributed by atoms with Gasteiger partial charge in [0.2, 0.25) is 11.8 Å². The molecule has 0 aliphatic carbocycles. The average molecular weight is 279 g/mol. The van der Waals surface area contributed by atoms with Crippen LogP contribution >= 0.6 is 0 Å². The van der Waals surface area contributed by atoms with E-state index in [-0.39, 0.29) is 24.7 Å². The van der Waals surface area contributed by atoms with Gasteiger partial charge in [-0.1, -0.05) is 0 Å². The molecule has 1 aromatic heterocycles. The van der Waals surface area contributed by atoms with Gasteiger partial charge in [-0.2, -0.15) is 0 Å². The van der Waals surface area contributed by atoms with Crippen molar-refractivity contribution in [2.45, 2.75) is 19.9 Å². The molecule has 1 unspecified atom stereocenters. The molecule has 2 amide bonds. The Morgan fingerprint density at radius 2 is 2.15 bits per heavy atom. The van der Waals surface area contributed by atoms with Crippen LogP contribution in [0.3, 0.4) is 0 Å². The third-order valence-electron chi connectivity index (χ3n) is 3.78. The Morgan fingerprint density at radius 1 is 1.45 bits per heavy atom. The first-order chi connectivity index (χ1) is 9.33. The number of nitrogens with zero attached hydrogens (tertiary/aromatic N) is 2. The first-order valence-electron chi connectivity index (χ1n) is 6.29. The largest absolute Gasteiger partial charge is 0.477 e. The molecule has 0 aromatic carbocycles. The lowest BCUT2D eigenvalue weighted by atomic mass is 9.89. The summed E-state index contributed by atoms with van der Waals surface area (Å²) in [7, 11) is 0. The minimum absolute atomic E-state index is 0.0521. The molecular formula is C13H17N3O4. The molecule has 1 fully saturated rings. The van der Waals surface area contributed by atoms with E-state index in [0.29, 0.717) is 13.0 Å². The molecule has 2 heterocycles. The molecule has 1 aromatic rings. The Hall–Kier alpha value is -2.31. The van der Waals surface area contributed by atoms with Crippen molar-refractivity contribution in [3.05, 3.63) is 24.0 Å². The molecular weight excluding hydrogens is 262 g/mol. The summed E-state index contributed by atoms with van der Waals surface area (Å²) >= 11 is 0. The van der Waals surface area contributed by atoms with Crippen LogP contribution in [-0.2, 0) is 16.1 Å². The summed E-state index contributed by atoms with van der Waals surface area (Å²) in [5.74, 6) is -1.71. The minimum atomic E-state index is -1.08. The molecule has 1 atom stereocenters. The number of carboxylic acids is 1. The summed E-state index contributed by atoms with van der Waals surface area (Å²) in [6.07, 6.45) is 2.08. The van der Waals surface area contributed by atoms with Gasteiger partial charge < -0.3 is 20.3 Å². The van der Waals surface area contributed by atoms with E-state index in [1.165, 1.54) is 10.6 Å². The maximum Gasteiger partial charge on any atom is 0.352 e. The van der Waals surface area contributed by atoms with Crippen LogP contribution in [-0.4, -0.2) is 45.4 Å². The van der Waals surface area contributed by atoms with Crippen molar-refractivity contribution >= 4 is 17.8 Å². The Morgan fingerprint density at radius 3 is 2.70 bits per heavy atom. The van der Waals surface area contributed by atoms with E-state index in [9.17, 15) is 14.4 Å². The number of rotatable bonds is 4. The van der Waals surface area contributed by atoms with Crippen LogP contribution in [0, 0.1) is 5.41 Å². The quantitative estimate of drug-likeness (QED) is 0.803. The van der Waals surface area contributed by atoms with E-state index < -0.39 is 17.3 Å². The molecule has 0 saturated carbocycles. The zero-order valence-corrected chi connectivity index (χ0v) is 11.2. The van der Waals surface area contributed by atoms with Crippen LogP contribution in [0.2, 0.25) is 0 Å². The van der Waals surface area contributed by atoms with Crippen molar-refractivity contribution in [2.75, 3.05) is 13.1 Å². The highest BCUT2D eigenvalue weighted by molar-refractivity contribution is 5.87. The molecule has 0 bridgehead atoms. The lowest BCUT2D eigenvalue weighted by Gasteiger charge is -2.21. The number of carboxylic acid groups (broad SMARTS) is 1. The third kappa shape index (κ3) is 2.52. The average Bonchev–Trinajstić information content (AvgIpc) is 2.96. The van der Waals surface area contributed by atoms with Crippen molar-refractivity contribution in [1.82, 2.24) is 9.47 Å². The van der Waals surface area contributed by atoms with Crippen LogP contribution in [0.5, 0.6) is 0 Å². The number of likely N-dealkylation sites (tertiary alicyclic amines) is 1. The predicted octanol–water partition coefficient (Wildman–Crippen LogP) is -0.0898. The topological polar surface area (TPSA) is 106 Å². The summed E-state index contributed by atoms with van der Waals surface area (Å²) in [4.78, 5) is 36.0.